The van der Waals surface area contributed by atoms with Gasteiger partial charge >= 0.3 is 0 Å². The van der Waals surface area contributed by atoms with Gasteiger partial charge in [-0.25, -0.2) is 15.0 Å². The van der Waals surface area contributed by atoms with Gasteiger partial charge in [0, 0.05) is 27.9 Å². The zero-order valence-electron chi connectivity index (χ0n) is 25.4. The van der Waals surface area contributed by atoms with Crippen LogP contribution in [0.2, 0.25) is 0 Å². The summed E-state index contributed by atoms with van der Waals surface area (Å²) in [7, 11) is 0. The average Bonchev–Trinajstić information content (AvgIpc) is 3.81. The molecule has 0 radical (unpaired) electrons. The lowest BCUT2D eigenvalue weighted by atomic mass is 10.0. The molecule has 10 rings (SSSR count). The van der Waals surface area contributed by atoms with E-state index in [1.165, 1.54) is 11.1 Å². The van der Waals surface area contributed by atoms with Crippen LogP contribution in [0.1, 0.15) is 18.5 Å². The van der Waals surface area contributed by atoms with Crippen molar-refractivity contribution in [2.45, 2.75) is 12.8 Å². The van der Waals surface area contributed by atoms with E-state index in [9.17, 15) is 0 Å². The van der Waals surface area contributed by atoms with E-state index < -0.39 is 0 Å². The third kappa shape index (κ3) is 4.08. The van der Waals surface area contributed by atoms with Crippen LogP contribution in [0.4, 0.5) is 0 Å². The van der Waals surface area contributed by atoms with Gasteiger partial charge in [-0.2, -0.15) is 0 Å². The number of hydrogen-bond acceptors (Lipinski definition) is 3. The van der Waals surface area contributed by atoms with Gasteiger partial charge in [-0.05, 0) is 65.9 Å². The van der Waals surface area contributed by atoms with Gasteiger partial charge in [-0.1, -0.05) is 97.1 Å². The Morgan fingerprint density at radius 3 is 2.30 bits per heavy atom. The molecule has 0 atom stereocenters. The van der Waals surface area contributed by atoms with E-state index in [-0.39, 0.29) is 0 Å². The molecule has 1 aliphatic carbocycles. The number of para-hydroxylation sites is 2. The van der Waals surface area contributed by atoms with Gasteiger partial charge in [0.2, 0.25) is 11.7 Å². The summed E-state index contributed by atoms with van der Waals surface area (Å²) < 4.78 is 4.36. The van der Waals surface area contributed by atoms with Crippen LogP contribution in [0.25, 0.3) is 83.4 Å². The first-order valence-electron chi connectivity index (χ1n) is 16.0. The molecular weight excluding hydrogens is 576 g/mol. The van der Waals surface area contributed by atoms with Crippen molar-refractivity contribution >= 4 is 55.1 Å². The van der Waals surface area contributed by atoms with Crippen LogP contribution < -0.4 is 0 Å². The molecule has 0 saturated carbocycles. The highest BCUT2D eigenvalue weighted by Gasteiger charge is 2.19. The van der Waals surface area contributed by atoms with Gasteiger partial charge in [0.05, 0.1) is 39.0 Å². The first-order chi connectivity index (χ1) is 23.3. The number of nitrogens with zero attached hydrogens (tertiary/aromatic N) is 5. The van der Waals surface area contributed by atoms with Crippen molar-refractivity contribution < 1.29 is 0 Å². The molecule has 6 nitrogen and oxygen atoms in total. The SMILES string of the molecule is C1=CC(c2nc(-n3c4ccccc4c4cc(-c5cn6c(n5)[nH]c5ccc(-c7ccccc7)cc56)ccc43)nc3ccccc23)=CCC1. The zero-order valence-corrected chi connectivity index (χ0v) is 25.4. The van der Waals surface area contributed by atoms with Gasteiger partial charge in [-0.15, -0.1) is 0 Å². The lowest BCUT2D eigenvalue weighted by Crippen LogP contribution is -2.05. The molecule has 0 spiro atoms. The smallest absolute Gasteiger partial charge is 0.235 e. The van der Waals surface area contributed by atoms with Crippen molar-refractivity contribution in [3.8, 4) is 28.3 Å². The summed E-state index contributed by atoms with van der Waals surface area (Å²) in [4.78, 5) is 18.9. The summed E-state index contributed by atoms with van der Waals surface area (Å²) in [5.74, 6) is 1.50. The molecule has 47 heavy (non-hydrogen) atoms. The van der Waals surface area contributed by atoms with Crippen LogP contribution in [-0.4, -0.2) is 28.9 Å². The van der Waals surface area contributed by atoms with Gasteiger partial charge in [0.1, 0.15) is 0 Å². The second-order valence-electron chi connectivity index (χ2n) is 12.2. The molecule has 4 aromatic heterocycles. The Balaban J connectivity index is 1.14. The number of nitrogens with one attached hydrogen (secondary N) is 1. The van der Waals surface area contributed by atoms with Crippen molar-refractivity contribution in [2.24, 2.45) is 0 Å². The molecule has 5 aromatic carbocycles. The molecule has 0 saturated heterocycles. The summed E-state index contributed by atoms with van der Waals surface area (Å²) >= 11 is 0. The fourth-order valence-electron chi connectivity index (χ4n) is 7.08. The summed E-state index contributed by atoms with van der Waals surface area (Å²) in [6.07, 6.45) is 10.9. The Bertz CT molecular complexity index is 2740. The average molecular weight is 605 g/mol. The van der Waals surface area contributed by atoms with E-state index in [4.69, 9.17) is 15.0 Å². The maximum Gasteiger partial charge on any atom is 0.235 e. The molecular formula is C41H28N6. The number of hydrogen-bond donors (Lipinski definition) is 1. The largest absolute Gasteiger partial charge is 0.323 e. The van der Waals surface area contributed by atoms with Crippen LogP contribution in [-0.2, 0) is 0 Å². The molecule has 1 N–H and O–H groups in total. The van der Waals surface area contributed by atoms with Gasteiger partial charge in [-0.3, -0.25) is 8.97 Å². The molecule has 9 aromatic rings. The maximum absolute atomic E-state index is 5.24. The van der Waals surface area contributed by atoms with E-state index in [0.717, 1.165) is 84.9 Å². The highest BCUT2D eigenvalue weighted by molar-refractivity contribution is 6.10. The predicted molar refractivity (Wildman–Crippen MR) is 192 cm³/mol. The van der Waals surface area contributed by atoms with Gasteiger partial charge in [0.25, 0.3) is 0 Å². The molecule has 1 aliphatic rings. The van der Waals surface area contributed by atoms with Crippen LogP contribution in [0.15, 0.2) is 140 Å². The van der Waals surface area contributed by atoms with E-state index >= 15 is 0 Å². The highest BCUT2D eigenvalue weighted by Crippen LogP contribution is 2.36. The van der Waals surface area contributed by atoms with Crippen molar-refractivity contribution in [3.63, 3.8) is 0 Å². The number of fused-ring (bicyclic) bond motifs is 7. The van der Waals surface area contributed by atoms with Crippen LogP contribution in [0, 0.1) is 0 Å². The minimum absolute atomic E-state index is 0.675. The number of H-pyrrole nitrogens is 1. The number of allylic oxidation sites excluding steroid dienone is 4. The number of benzene rings is 5. The molecule has 222 valence electrons. The molecule has 0 amide bonds. The van der Waals surface area contributed by atoms with E-state index in [1.54, 1.807) is 0 Å². The fraction of sp³-hybridized carbons (Fsp3) is 0.0488. The summed E-state index contributed by atoms with van der Waals surface area (Å²) in [6, 6.07) is 40.4. The van der Waals surface area contributed by atoms with Crippen LogP contribution in [0.5, 0.6) is 0 Å². The zero-order chi connectivity index (χ0) is 30.9. The Morgan fingerprint density at radius 1 is 0.596 bits per heavy atom. The monoisotopic (exact) mass is 604 g/mol. The van der Waals surface area contributed by atoms with E-state index in [0.29, 0.717) is 5.95 Å². The quantitative estimate of drug-likeness (QED) is 0.217. The standard InChI is InChI=1S/C41H28N6/c1-3-11-26(12-4-1)28-19-21-34-38(24-28)46-25-35(44-40(46)43-34)29-20-22-37-32(23-29)30-15-8-10-18-36(30)47(37)41-42-33-17-9-7-16-31(33)39(45-41)27-13-5-2-6-14-27/h1,3-5,7-25H,2,6H2,(H,43,44). The number of aromatic nitrogens is 6. The Morgan fingerprint density at radius 2 is 1.40 bits per heavy atom. The van der Waals surface area contributed by atoms with Crippen molar-refractivity contribution in [2.75, 3.05) is 0 Å². The van der Waals surface area contributed by atoms with Crippen LogP contribution in [0.3, 0.4) is 0 Å². The Kier molecular flexibility index (Phi) is 5.60. The van der Waals surface area contributed by atoms with Gasteiger partial charge in [0.15, 0.2) is 0 Å². The highest BCUT2D eigenvalue weighted by atomic mass is 15.2. The fourth-order valence-corrected chi connectivity index (χ4v) is 7.08. The second-order valence-corrected chi connectivity index (χ2v) is 12.2. The van der Waals surface area contributed by atoms with E-state index in [2.05, 4.69) is 142 Å². The van der Waals surface area contributed by atoms with Gasteiger partial charge < -0.3 is 4.98 Å². The topological polar surface area (TPSA) is 63.8 Å². The molecule has 0 fully saturated rings. The summed E-state index contributed by atoms with van der Waals surface area (Å²) in [5.41, 5.74) is 11.7. The lowest BCUT2D eigenvalue weighted by Gasteiger charge is -2.13. The first kappa shape index (κ1) is 26.0. The predicted octanol–water partition coefficient (Wildman–Crippen LogP) is 9.92. The molecule has 0 bridgehead atoms. The summed E-state index contributed by atoms with van der Waals surface area (Å²) in [6.45, 7) is 0. The Labute approximate surface area is 270 Å². The second kappa shape index (κ2) is 10.1. The summed E-state index contributed by atoms with van der Waals surface area (Å²) in [5, 5.41) is 3.36. The van der Waals surface area contributed by atoms with Crippen molar-refractivity contribution in [3.05, 3.63) is 145 Å². The molecule has 0 aliphatic heterocycles. The van der Waals surface area contributed by atoms with E-state index in [1.807, 2.05) is 12.1 Å². The molecule has 6 heteroatoms. The third-order valence-corrected chi connectivity index (χ3v) is 9.34. The third-order valence-electron chi connectivity index (χ3n) is 9.34. The van der Waals surface area contributed by atoms with Crippen LogP contribution >= 0.6 is 0 Å². The minimum atomic E-state index is 0.675. The molecule has 0 unspecified atom stereocenters. The molecule has 4 heterocycles. The minimum Gasteiger partial charge on any atom is -0.323 e. The van der Waals surface area contributed by atoms with Crippen molar-refractivity contribution in [1.82, 2.24) is 28.9 Å². The normalized spacial score (nSPS) is 13.4. The number of rotatable bonds is 4. The lowest BCUT2D eigenvalue weighted by molar-refractivity contribution is 0.996. The number of imidazole rings is 2. The van der Waals surface area contributed by atoms with Crippen molar-refractivity contribution in [1.29, 1.82) is 0 Å². The Hall–Kier alpha value is -6.27. The number of aromatic amines is 1. The maximum atomic E-state index is 5.24. The first-order valence-corrected chi connectivity index (χ1v) is 16.0.